The van der Waals surface area contributed by atoms with Crippen molar-refractivity contribution in [3.63, 3.8) is 0 Å². The standard InChI is InChI=1S/C16H20INO2/c1-5-11-8-12-6-7-13(15(20-17)10(2)3)9-14(12)18-16(11)19-4/h6-10,15H,5H2,1-4H3. The summed E-state index contributed by atoms with van der Waals surface area (Å²) >= 11 is 1.97. The van der Waals surface area contributed by atoms with Crippen molar-refractivity contribution in [1.29, 1.82) is 0 Å². The van der Waals surface area contributed by atoms with Crippen molar-refractivity contribution in [3.8, 4) is 5.88 Å². The van der Waals surface area contributed by atoms with Crippen molar-refractivity contribution in [2.45, 2.75) is 33.3 Å². The van der Waals surface area contributed by atoms with Gasteiger partial charge in [0.2, 0.25) is 5.88 Å². The van der Waals surface area contributed by atoms with Crippen LogP contribution in [0.25, 0.3) is 10.9 Å². The number of rotatable bonds is 5. The van der Waals surface area contributed by atoms with Crippen LogP contribution in [-0.2, 0) is 9.49 Å². The van der Waals surface area contributed by atoms with Gasteiger partial charge in [-0.1, -0.05) is 32.9 Å². The third-order valence-corrected chi connectivity index (χ3v) is 4.03. The summed E-state index contributed by atoms with van der Waals surface area (Å²) < 4.78 is 10.9. The van der Waals surface area contributed by atoms with Crippen LogP contribution in [-0.4, -0.2) is 12.1 Å². The zero-order valence-corrected chi connectivity index (χ0v) is 14.5. The lowest BCUT2D eigenvalue weighted by Gasteiger charge is -2.18. The minimum absolute atomic E-state index is 0.0821. The van der Waals surface area contributed by atoms with E-state index in [0.717, 1.165) is 28.5 Å². The fourth-order valence-corrected chi connectivity index (χ4v) is 3.24. The molecule has 20 heavy (non-hydrogen) atoms. The largest absolute Gasteiger partial charge is 0.481 e. The third-order valence-electron chi connectivity index (χ3n) is 3.49. The molecule has 2 rings (SSSR count). The third kappa shape index (κ3) is 3.06. The molecule has 0 N–H and O–H groups in total. The fraction of sp³-hybridized carbons (Fsp3) is 0.438. The van der Waals surface area contributed by atoms with Crippen LogP contribution in [0.1, 0.15) is 38.0 Å². The lowest BCUT2D eigenvalue weighted by atomic mass is 9.97. The number of aryl methyl sites for hydroxylation is 1. The van der Waals surface area contributed by atoms with Crippen LogP contribution in [0.3, 0.4) is 0 Å². The number of aromatic nitrogens is 1. The van der Waals surface area contributed by atoms with Gasteiger partial charge in [0.25, 0.3) is 0 Å². The molecule has 1 heterocycles. The van der Waals surface area contributed by atoms with Gasteiger partial charge in [0, 0.05) is 10.9 Å². The average Bonchev–Trinajstić information content (AvgIpc) is 2.46. The number of pyridine rings is 1. The number of nitrogens with zero attached hydrogens (tertiary/aromatic N) is 1. The molecule has 1 aromatic carbocycles. The first kappa shape index (κ1) is 15.5. The van der Waals surface area contributed by atoms with E-state index >= 15 is 0 Å². The normalized spacial score (nSPS) is 12.9. The molecule has 0 amide bonds. The molecule has 4 heteroatoms. The molecular weight excluding hydrogens is 365 g/mol. The Labute approximate surface area is 134 Å². The van der Waals surface area contributed by atoms with Gasteiger partial charge in [-0.2, -0.15) is 0 Å². The molecule has 0 saturated heterocycles. The van der Waals surface area contributed by atoms with Crippen LogP contribution in [0.15, 0.2) is 24.3 Å². The van der Waals surface area contributed by atoms with Gasteiger partial charge in [0.05, 0.1) is 18.7 Å². The Morgan fingerprint density at radius 3 is 2.55 bits per heavy atom. The molecule has 1 atom stereocenters. The Morgan fingerprint density at radius 1 is 1.25 bits per heavy atom. The summed E-state index contributed by atoms with van der Waals surface area (Å²) in [4.78, 5) is 4.62. The summed E-state index contributed by atoms with van der Waals surface area (Å²) in [6, 6.07) is 8.49. The molecule has 1 unspecified atom stereocenters. The first-order valence-electron chi connectivity index (χ1n) is 6.85. The van der Waals surface area contributed by atoms with Crippen molar-refractivity contribution >= 4 is 33.9 Å². The maximum Gasteiger partial charge on any atom is 0.216 e. The van der Waals surface area contributed by atoms with E-state index < -0.39 is 0 Å². The summed E-state index contributed by atoms with van der Waals surface area (Å²) in [7, 11) is 1.67. The topological polar surface area (TPSA) is 31.4 Å². The number of benzene rings is 1. The van der Waals surface area contributed by atoms with Crippen molar-refractivity contribution < 1.29 is 7.80 Å². The van der Waals surface area contributed by atoms with E-state index in [2.05, 4.69) is 50.0 Å². The molecule has 2 aromatic rings. The summed E-state index contributed by atoms with van der Waals surface area (Å²) in [6.45, 7) is 6.42. The molecule has 0 saturated carbocycles. The van der Waals surface area contributed by atoms with Crippen LogP contribution in [0.2, 0.25) is 0 Å². The zero-order valence-electron chi connectivity index (χ0n) is 12.3. The van der Waals surface area contributed by atoms with E-state index in [1.165, 1.54) is 0 Å². The van der Waals surface area contributed by atoms with E-state index in [0.29, 0.717) is 11.8 Å². The van der Waals surface area contributed by atoms with Gasteiger partial charge in [-0.3, -0.25) is 0 Å². The molecule has 108 valence electrons. The predicted octanol–water partition coefficient (Wildman–Crippen LogP) is 4.87. The molecule has 0 aliphatic rings. The number of hydrogen-bond donors (Lipinski definition) is 0. The van der Waals surface area contributed by atoms with Gasteiger partial charge in [-0.15, -0.1) is 0 Å². The number of halogens is 1. The first-order valence-corrected chi connectivity index (χ1v) is 7.73. The lowest BCUT2D eigenvalue weighted by molar-refractivity contribution is 0.221. The molecule has 3 nitrogen and oxygen atoms in total. The van der Waals surface area contributed by atoms with Gasteiger partial charge >= 0.3 is 0 Å². The predicted molar refractivity (Wildman–Crippen MR) is 90.4 cm³/mol. The summed E-state index contributed by atoms with van der Waals surface area (Å²) in [5.74, 6) is 1.13. The SMILES string of the molecule is CCc1cc2ccc(C(OI)C(C)C)cc2nc1OC. The Morgan fingerprint density at radius 2 is 2.00 bits per heavy atom. The van der Waals surface area contributed by atoms with Crippen LogP contribution < -0.4 is 4.74 Å². The van der Waals surface area contributed by atoms with Crippen LogP contribution in [0, 0.1) is 5.92 Å². The maximum absolute atomic E-state index is 5.56. The zero-order chi connectivity index (χ0) is 14.7. The van der Waals surface area contributed by atoms with E-state index in [1.807, 2.05) is 23.0 Å². The molecule has 0 radical (unpaired) electrons. The quantitative estimate of drug-likeness (QED) is 0.689. The summed E-state index contributed by atoms with van der Waals surface area (Å²) in [5, 5.41) is 1.14. The minimum atomic E-state index is 0.0821. The molecule has 0 bridgehead atoms. The highest BCUT2D eigenvalue weighted by Gasteiger charge is 2.17. The lowest BCUT2D eigenvalue weighted by Crippen LogP contribution is -2.06. The molecule has 1 aromatic heterocycles. The molecule has 0 fully saturated rings. The van der Waals surface area contributed by atoms with E-state index in [1.54, 1.807) is 7.11 Å². The Bertz CT molecular complexity index is 598. The van der Waals surface area contributed by atoms with E-state index in [9.17, 15) is 0 Å². The molecule has 0 spiro atoms. The van der Waals surface area contributed by atoms with Crippen LogP contribution >= 0.6 is 23.0 Å². The smallest absolute Gasteiger partial charge is 0.216 e. The molecular formula is C16H20INO2. The average molecular weight is 385 g/mol. The second-order valence-electron chi connectivity index (χ2n) is 5.22. The van der Waals surface area contributed by atoms with Crippen molar-refractivity contribution in [1.82, 2.24) is 4.98 Å². The maximum atomic E-state index is 5.56. The number of methoxy groups -OCH3 is 1. The monoisotopic (exact) mass is 385 g/mol. The van der Waals surface area contributed by atoms with Gasteiger partial charge < -0.3 is 7.80 Å². The Hall–Kier alpha value is -0.880. The van der Waals surface area contributed by atoms with Gasteiger partial charge in [-0.05, 0) is 30.0 Å². The number of hydrogen-bond acceptors (Lipinski definition) is 3. The Balaban J connectivity index is 2.53. The number of ether oxygens (including phenoxy) is 1. The summed E-state index contributed by atoms with van der Waals surface area (Å²) in [5.41, 5.74) is 3.25. The van der Waals surface area contributed by atoms with Gasteiger partial charge in [0.15, 0.2) is 0 Å². The number of fused-ring (bicyclic) bond motifs is 1. The van der Waals surface area contributed by atoms with Crippen molar-refractivity contribution in [2.24, 2.45) is 5.92 Å². The van der Waals surface area contributed by atoms with Gasteiger partial charge in [0.1, 0.15) is 23.0 Å². The Kier molecular flexibility index (Phi) is 5.21. The summed E-state index contributed by atoms with van der Waals surface area (Å²) in [6.07, 6.45) is 0.998. The van der Waals surface area contributed by atoms with E-state index in [4.69, 9.17) is 7.80 Å². The van der Waals surface area contributed by atoms with Crippen LogP contribution in [0.5, 0.6) is 5.88 Å². The second kappa shape index (κ2) is 6.72. The second-order valence-corrected chi connectivity index (χ2v) is 5.72. The highest BCUT2D eigenvalue weighted by Crippen LogP contribution is 2.31. The fourth-order valence-electron chi connectivity index (χ4n) is 2.36. The minimum Gasteiger partial charge on any atom is -0.481 e. The van der Waals surface area contributed by atoms with Crippen molar-refractivity contribution in [3.05, 3.63) is 35.4 Å². The van der Waals surface area contributed by atoms with E-state index in [-0.39, 0.29) is 6.10 Å². The van der Waals surface area contributed by atoms with Crippen molar-refractivity contribution in [2.75, 3.05) is 7.11 Å². The molecule has 0 aliphatic heterocycles. The highest BCUT2D eigenvalue weighted by atomic mass is 127. The van der Waals surface area contributed by atoms with Gasteiger partial charge in [-0.25, -0.2) is 4.98 Å². The molecule has 0 aliphatic carbocycles. The first-order chi connectivity index (χ1) is 9.60. The van der Waals surface area contributed by atoms with Crippen LogP contribution in [0.4, 0.5) is 0 Å². The highest BCUT2D eigenvalue weighted by molar-refractivity contribution is 14.1.